The summed E-state index contributed by atoms with van der Waals surface area (Å²) in [5, 5.41) is 3.41. The highest BCUT2D eigenvalue weighted by atomic mass is 35.5. The molecule has 0 unspecified atom stereocenters. The summed E-state index contributed by atoms with van der Waals surface area (Å²) in [6.07, 6.45) is 3.38. The van der Waals surface area contributed by atoms with Gasteiger partial charge >= 0.3 is 0 Å². The van der Waals surface area contributed by atoms with E-state index >= 15 is 0 Å². The van der Waals surface area contributed by atoms with Gasteiger partial charge in [-0.1, -0.05) is 55.3 Å². The molecule has 0 aromatic heterocycles. The first-order valence-electron chi connectivity index (χ1n) is 12.3. The number of unbranched alkanes of at least 4 members (excludes halogenated alkanes) is 1. The number of hydrogen-bond acceptors (Lipinski definition) is 4. The number of carbonyl (C=O) groups excluding carboxylic acids is 2. The molecule has 0 radical (unpaired) electrons. The van der Waals surface area contributed by atoms with E-state index in [9.17, 15) is 18.0 Å². The van der Waals surface area contributed by atoms with Gasteiger partial charge in [-0.25, -0.2) is 8.42 Å². The van der Waals surface area contributed by atoms with Crippen LogP contribution in [0.3, 0.4) is 0 Å². The van der Waals surface area contributed by atoms with Gasteiger partial charge in [0.2, 0.25) is 21.8 Å². The van der Waals surface area contributed by atoms with Crippen molar-refractivity contribution in [3.63, 3.8) is 0 Å². The molecule has 198 valence electrons. The van der Waals surface area contributed by atoms with E-state index in [0.717, 1.165) is 29.5 Å². The number of aryl methyl sites for hydroxylation is 1. The van der Waals surface area contributed by atoms with Gasteiger partial charge < -0.3 is 10.2 Å². The van der Waals surface area contributed by atoms with Crippen LogP contribution in [0.15, 0.2) is 42.5 Å². The molecule has 0 aliphatic heterocycles. The first-order valence-corrected chi connectivity index (χ1v) is 14.5. The minimum Gasteiger partial charge on any atom is -0.354 e. The molecule has 0 spiro atoms. The molecule has 0 heterocycles. The number of anilines is 1. The number of nitrogens with zero attached hydrogens (tertiary/aromatic N) is 2. The predicted molar refractivity (Wildman–Crippen MR) is 147 cm³/mol. The average Bonchev–Trinajstić information content (AvgIpc) is 2.82. The lowest BCUT2D eigenvalue weighted by molar-refractivity contribution is -0.140. The molecule has 0 saturated heterocycles. The van der Waals surface area contributed by atoms with Gasteiger partial charge in [0, 0.05) is 31.1 Å². The Balaban J connectivity index is 2.19. The molecule has 2 aromatic carbocycles. The summed E-state index contributed by atoms with van der Waals surface area (Å²) >= 11 is 6.34. The van der Waals surface area contributed by atoms with Crippen molar-refractivity contribution in [2.24, 2.45) is 0 Å². The van der Waals surface area contributed by atoms with E-state index in [1.165, 1.54) is 15.5 Å². The molecule has 0 saturated carbocycles. The zero-order chi connectivity index (χ0) is 26.9. The fourth-order valence-electron chi connectivity index (χ4n) is 3.92. The van der Waals surface area contributed by atoms with E-state index in [2.05, 4.69) is 5.32 Å². The van der Waals surface area contributed by atoms with Crippen molar-refractivity contribution in [3.8, 4) is 0 Å². The molecule has 2 amide bonds. The third-order valence-corrected chi connectivity index (χ3v) is 7.84. The van der Waals surface area contributed by atoms with Gasteiger partial charge in [-0.15, -0.1) is 0 Å². The minimum atomic E-state index is -3.55. The van der Waals surface area contributed by atoms with Crippen LogP contribution in [0.2, 0.25) is 5.02 Å². The number of nitrogens with one attached hydrogen (secondary N) is 1. The molecule has 2 rings (SSSR count). The zero-order valence-electron chi connectivity index (χ0n) is 21.9. The normalized spacial score (nSPS) is 12.2. The quantitative estimate of drug-likeness (QED) is 0.372. The summed E-state index contributed by atoms with van der Waals surface area (Å²) in [5.41, 5.74) is 3.23. The Kier molecular flexibility index (Phi) is 11.2. The second-order valence-corrected chi connectivity index (χ2v) is 11.4. The highest BCUT2D eigenvalue weighted by Gasteiger charge is 2.27. The van der Waals surface area contributed by atoms with Gasteiger partial charge in [-0.05, 0) is 62.4 Å². The lowest BCUT2D eigenvalue weighted by atomic mass is 10.1. The number of benzene rings is 2. The zero-order valence-corrected chi connectivity index (χ0v) is 23.5. The Bertz CT molecular complexity index is 1150. The smallest absolute Gasteiger partial charge is 0.242 e. The van der Waals surface area contributed by atoms with Crippen molar-refractivity contribution in [1.82, 2.24) is 10.2 Å². The van der Waals surface area contributed by atoms with Crippen molar-refractivity contribution in [2.75, 3.05) is 23.7 Å². The molecule has 0 fully saturated rings. The van der Waals surface area contributed by atoms with E-state index in [1.807, 2.05) is 51.1 Å². The molecule has 0 aliphatic rings. The fourth-order valence-corrected chi connectivity index (χ4v) is 5.13. The standard InChI is InChI=1S/C27H38ClN3O4S/c1-6-7-17-29-27(33)22(4)30(19-23-13-8-9-14-24(23)28)26(32)16-11-18-31(36(5,34)35)25-15-10-12-20(2)21(25)3/h8-10,12-15,22H,6-7,11,16-19H2,1-5H3,(H,29,33)/t22-/m1/s1. The topological polar surface area (TPSA) is 86.8 Å². The summed E-state index contributed by atoms with van der Waals surface area (Å²) in [6, 6.07) is 12.1. The highest BCUT2D eigenvalue weighted by Crippen LogP contribution is 2.26. The molecule has 0 bridgehead atoms. The highest BCUT2D eigenvalue weighted by molar-refractivity contribution is 7.92. The maximum atomic E-state index is 13.4. The van der Waals surface area contributed by atoms with E-state index in [0.29, 0.717) is 23.7 Å². The van der Waals surface area contributed by atoms with Crippen molar-refractivity contribution < 1.29 is 18.0 Å². The van der Waals surface area contributed by atoms with Crippen LogP contribution >= 0.6 is 11.6 Å². The van der Waals surface area contributed by atoms with Crippen LogP contribution < -0.4 is 9.62 Å². The number of carbonyl (C=O) groups is 2. The van der Waals surface area contributed by atoms with Crippen LogP contribution in [-0.4, -0.2) is 50.5 Å². The summed E-state index contributed by atoms with van der Waals surface area (Å²) in [6.45, 7) is 8.46. The van der Waals surface area contributed by atoms with Crippen LogP contribution in [0.4, 0.5) is 5.69 Å². The SMILES string of the molecule is CCCCNC(=O)[C@@H](C)N(Cc1ccccc1Cl)C(=O)CCCN(c1cccc(C)c1C)S(C)(=O)=O. The van der Waals surface area contributed by atoms with E-state index < -0.39 is 16.1 Å². The van der Waals surface area contributed by atoms with Crippen LogP contribution in [0.25, 0.3) is 0 Å². The van der Waals surface area contributed by atoms with Crippen molar-refractivity contribution in [2.45, 2.75) is 66.0 Å². The molecule has 9 heteroatoms. The Morgan fingerprint density at radius 3 is 2.39 bits per heavy atom. The number of hydrogen-bond donors (Lipinski definition) is 1. The number of rotatable bonds is 13. The van der Waals surface area contributed by atoms with E-state index in [1.54, 1.807) is 19.1 Å². The molecule has 36 heavy (non-hydrogen) atoms. The monoisotopic (exact) mass is 535 g/mol. The van der Waals surface area contributed by atoms with Crippen LogP contribution in [0, 0.1) is 13.8 Å². The first kappa shape index (κ1) is 29.6. The summed E-state index contributed by atoms with van der Waals surface area (Å²) in [4.78, 5) is 27.7. The van der Waals surface area contributed by atoms with Gasteiger partial charge in [0.25, 0.3) is 0 Å². The maximum Gasteiger partial charge on any atom is 0.242 e. The molecular formula is C27H38ClN3O4S. The number of sulfonamides is 1. The lowest BCUT2D eigenvalue weighted by Gasteiger charge is -2.30. The van der Waals surface area contributed by atoms with Gasteiger partial charge in [0.1, 0.15) is 6.04 Å². The van der Waals surface area contributed by atoms with Gasteiger partial charge in [0.15, 0.2) is 0 Å². The first-order chi connectivity index (χ1) is 17.0. The lowest BCUT2D eigenvalue weighted by Crippen LogP contribution is -2.48. The fraction of sp³-hybridized carbons (Fsp3) is 0.481. The Morgan fingerprint density at radius 1 is 1.06 bits per heavy atom. The summed E-state index contributed by atoms with van der Waals surface area (Å²) in [7, 11) is -3.55. The summed E-state index contributed by atoms with van der Waals surface area (Å²) in [5.74, 6) is -0.459. The van der Waals surface area contributed by atoms with Crippen LogP contribution in [0.1, 0.15) is 56.2 Å². The Hall–Kier alpha value is -2.58. The molecular weight excluding hydrogens is 498 g/mol. The van der Waals surface area contributed by atoms with Crippen LogP contribution in [-0.2, 0) is 26.2 Å². The molecule has 1 N–H and O–H groups in total. The van der Waals surface area contributed by atoms with Crippen molar-refractivity contribution in [1.29, 1.82) is 0 Å². The maximum absolute atomic E-state index is 13.4. The third-order valence-electron chi connectivity index (χ3n) is 6.29. The predicted octanol–water partition coefficient (Wildman–Crippen LogP) is 4.84. The largest absolute Gasteiger partial charge is 0.354 e. The van der Waals surface area contributed by atoms with E-state index in [4.69, 9.17) is 11.6 Å². The van der Waals surface area contributed by atoms with E-state index in [-0.39, 0.29) is 31.3 Å². The van der Waals surface area contributed by atoms with Gasteiger partial charge in [0.05, 0.1) is 11.9 Å². The number of halogens is 1. The minimum absolute atomic E-state index is 0.0912. The summed E-state index contributed by atoms with van der Waals surface area (Å²) < 4.78 is 26.5. The third kappa shape index (κ3) is 8.23. The Labute approximate surface area is 220 Å². The van der Waals surface area contributed by atoms with Crippen molar-refractivity contribution in [3.05, 3.63) is 64.2 Å². The van der Waals surface area contributed by atoms with Gasteiger partial charge in [-0.2, -0.15) is 0 Å². The van der Waals surface area contributed by atoms with Gasteiger partial charge in [-0.3, -0.25) is 13.9 Å². The number of amides is 2. The molecule has 2 aromatic rings. The molecule has 7 nitrogen and oxygen atoms in total. The second-order valence-electron chi connectivity index (χ2n) is 9.09. The molecule has 1 atom stereocenters. The Morgan fingerprint density at radius 2 is 1.75 bits per heavy atom. The molecule has 0 aliphatic carbocycles. The van der Waals surface area contributed by atoms with Crippen LogP contribution in [0.5, 0.6) is 0 Å². The second kappa shape index (κ2) is 13.7. The van der Waals surface area contributed by atoms with Crippen molar-refractivity contribution >= 4 is 39.1 Å². The average molecular weight is 536 g/mol.